The SMILES string of the molecule is CC#CC(=O)c1cc(Cl)nc2c(C(=O)C(=O)N3CCN(C(=O)c4ccccc4)C[C@H]3C)c[nH]c12. The molecule has 0 bridgehead atoms. The summed E-state index contributed by atoms with van der Waals surface area (Å²) in [7, 11) is 0. The summed E-state index contributed by atoms with van der Waals surface area (Å²) in [6, 6.07) is 9.92. The van der Waals surface area contributed by atoms with Gasteiger partial charge in [-0.05, 0) is 38.0 Å². The molecule has 0 unspecified atom stereocenters. The Hall–Kier alpha value is -3.96. The molecule has 8 nitrogen and oxygen atoms in total. The van der Waals surface area contributed by atoms with E-state index in [9.17, 15) is 19.2 Å². The molecular formula is C25H21ClN4O4. The first-order valence-electron chi connectivity index (χ1n) is 10.7. The molecule has 9 heteroatoms. The Labute approximate surface area is 200 Å². The number of fused-ring (bicyclic) bond motifs is 1. The van der Waals surface area contributed by atoms with Gasteiger partial charge in [-0.2, -0.15) is 0 Å². The van der Waals surface area contributed by atoms with Crippen LogP contribution >= 0.6 is 11.6 Å². The van der Waals surface area contributed by atoms with Crippen LogP contribution in [0, 0.1) is 11.8 Å². The molecule has 3 aromatic rings. The predicted molar refractivity (Wildman–Crippen MR) is 127 cm³/mol. The van der Waals surface area contributed by atoms with Crippen molar-refractivity contribution in [2.45, 2.75) is 19.9 Å². The number of halogens is 1. The minimum atomic E-state index is -0.768. The van der Waals surface area contributed by atoms with Gasteiger partial charge in [0, 0.05) is 37.4 Å². The minimum absolute atomic E-state index is 0.0104. The normalized spacial score (nSPS) is 15.6. The van der Waals surface area contributed by atoms with E-state index in [-0.39, 0.29) is 40.3 Å². The number of Topliss-reactive ketones (excluding diaryl/α,β-unsaturated/α-hetero) is 2. The number of hydrogen-bond acceptors (Lipinski definition) is 5. The zero-order valence-electron chi connectivity index (χ0n) is 18.6. The Bertz CT molecular complexity index is 1370. The van der Waals surface area contributed by atoms with Crippen LogP contribution in [0.1, 0.15) is 44.9 Å². The van der Waals surface area contributed by atoms with Crippen LogP contribution in [0.4, 0.5) is 0 Å². The maximum absolute atomic E-state index is 13.1. The van der Waals surface area contributed by atoms with Crippen molar-refractivity contribution in [3.63, 3.8) is 0 Å². The highest BCUT2D eigenvalue weighted by molar-refractivity contribution is 6.45. The molecule has 2 aromatic heterocycles. The van der Waals surface area contributed by atoms with Gasteiger partial charge >= 0.3 is 0 Å². The Morgan fingerprint density at radius 1 is 1.12 bits per heavy atom. The van der Waals surface area contributed by atoms with Crippen LogP contribution in [0.2, 0.25) is 5.15 Å². The van der Waals surface area contributed by atoms with Gasteiger partial charge in [0.05, 0.1) is 16.6 Å². The van der Waals surface area contributed by atoms with E-state index in [1.807, 2.05) is 6.07 Å². The van der Waals surface area contributed by atoms with Crippen molar-refractivity contribution < 1.29 is 19.2 Å². The van der Waals surface area contributed by atoms with Gasteiger partial charge in [0.15, 0.2) is 0 Å². The van der Waals surface area contributed by atoms with E-state index in [1.165, 1.54) is 24.1 Å². The van der Waals surface area contributed by atoms with Crippen LogP contribution in [0.5, 0.6) is 0 Å². The van der Waals surface area contributed by atoms with E-state index in [2.05, 4.69) is 21.8 Å². The fraction of sp³-hybridized carbons (Fsp3) is 0.240. The van der Waals surface area contributed by atoms with Gasteiger partial charge in [-0.1, -0.05) is 35.7 Å². The number of piperazine rings is 1. The number of benzene rings is 1. The Balaban J connectivity index is 1.55. The first-order chi connectivity index (χ1) is 16.3. The fourth-order valence-electron chi connectivity index (χ4n) is 4.05. The quantitative estimate of drug-likeness (QED) is 0.205. The first-order valence-corrected chi connectivity index (χ1v) is 11.0. The van der Waals surface area contributed by atoms with Crippen LogP contribution < -0.4 is 0 Å². The Morgan fingerprint density at radius 2 is 1.85 bits per heavy atom. The minimum Gasteiger partial charge on any atom is -0.358 e. The monoisotopic (exact) mass is 476 g/mol. The van der Waals surface area contributed by atoms with E-state index < -0.39 is 17.5 Å². The smallest absolute Gasteiger partial charge is 0.295 e. The maximum Gasteiger partial charge on any atom is 0.295 e. The largest absolute Gasteiger partial charge is 0.358 e. The number of rotatable bonds is 4. The predicted octanol–water partition coefficient (Wildman–Crippen LogP) is 2.98. The average molecular weight is 477 g/mol. The molecule has 0 spiro atoms. The summed E-state index contributed by atoms with van der Waals surface area (Å²) < 4.78 is 0. The molecule has 0 aliphatic carbocycles. The molecule has 172 valence electrons. The number of carbonyl (C=O) groups is 4. The number of pyridine rings is 1. The lowest BCUT2D eigenvalue weighted by Gasteiger charge is -2.39. The summed E-state index contributed by atoms with van der Waals surface area (Å²) in [5.74, 6) is 2.91. The molecule has 1 saturated heterocycles. The molecule has 4 rings (SSSR count). The molecule has 1 atom stereocenters. The van der Waals surface area contributed by atoms with Crippen molar-refractivity contribution >= 4 is 46.0 Å². The number of nitrogens with one attached hydrogen (secondary N) is 1. The Morgan fingerprint density at radius 3 is 2.53 bits per heavy atom. The Kier molecular flexibility index (Phi) is 6.48. The van der Waals surface area contributed by atoms with Crippen molar-refractivity contribution in [3.05, 3.63) is 64.4 Å². The zero-order chi connectivity index (χ0) is 24.4. The summed E-state index contributed by atoms with van der Waals surface area (Å²) in [6.45, 7) is 4.16. The van der Waals surface area contributed by atoms with Gasteiger partial charge < -0.3 is 14.8 Å². The third-order valence-electron chi connectivity index (χ3n) is 5.72. The number of hydrogen-bond donors (Lipinski definition) is 1. The van der Waals surface area contributed by atoms with Crippen molar-refractivity contribution in [3.8, 4) is 11.8 Å². The fourth-order valence-corrected chi connectivity index (χ4v) is 4.25. The third kappa shape index (κ3) is 4.30. The molecule has 1 aliphatic rings. The second-order valence-electron chi connectivity index (χ2n) is 7.92. The van der Waals surface area contributed by atoms with E-state index in [1.54, 1.807) is 36.1 Å². The van der Waals surface area contributed by atoms with Gasteiger partial charge in [0.1, 0.15) is 10.7 Å². The van der Waals surface area contributed by atoms with Crippen LogP contribution in [-0.2, 0) is 4.79 Å². The van der Waals surface area contributed by atoms with E-state index in [0.29, 0.717) is 24.2 Å². The van der Waals surface area contributed by atoms with Crippen LogP contribution in [0.25, 0.3) is 11.0 Å². The molecule has 34 heavy (non-hydrogen) atoms. The molecule has 2 amide bonds. The molecular weight excluding hydrogens is 456 g/mol. The average Bonchev–Trinajstić information content (AvgIpc) is 3.26. The van der Waals surface area contributed by atoms with Crippen LogP contribution in [0.15, 0.2) is 42.6 Å². The highest BCUT2D eigenvalue weighted by atomic mass is 35.5. The highest BCUT2D eigenvalue weighted by Gasteiger charge is 2.34. The molecule has 0 radical (unpaired) electrons. The standard InChI is InChI=1S/C25H21ClN4O4/c1-3-7-19(31)17-12-20(26)28-22-18(13-27-21(17)22)23(32)25(34)30-11-10-29(14-15(30)2)24(33)16-8-5-4-6-9-16/h4-6,8-9,12-13,15,27H,10-11,14H2,1-2H3/t15-/m1/s1. The van der Waals surface area contributed by atoms with Gasteiger partial charge in [-0.3, -0.25) is 19.2 Å². The molecule has 0 saturated carbocycles. The summed E-state index contributed by atoms with van der Waals surface area (Å²) in [5, 5.41) is 0.0104. The number of nitrogens with zero attached hydrogens (tertiary/aromatic N) is 3. The van der Waals surface area contributed by atoms with E-state index in [0.717, 1.165) is 0 Å². The first kappa shape index (κ1) is 23.2. The number of aromatic amines is 1. The summed E-state index contributed by atoms with van der Waals surface area (Å²) in [4.78, 5) is 61.5. The summed E-state index contributed by atoms with van der Waals surface area (Å²) >= 11 is 6.08. The summed E-state index contributed by atoms with van der Waals surface area (Å²) in [5.41, 5.74) is 1.20. The second-order valence-corrected chi connectivity index (χ2v) is 8.30. The van der Waals surface area contributed by atoms with Crippen molar-refractivity contribution in [2.24, 2.45) is 0 Å². The lowest BCUT2D eigenvalue weighted by molar-refractivity contribution is -0.130. The van der Waals surface area contributed by atoms with Gasteiger partial charge in [0.2, 0.25) is 5.78 Å². The lowest BCUT2D eigenvalue weighted by Crippen LogP contribution is -2.56. The maximum atomic E-state index is 13.1. The van der Waals surface area contributed by atoms with Crippen LogP contribution in [-0.4, -0.2) is 68.8 Å². The summed E-state index contributed by atoms with van der Waals surface area (Å²) in [6.07, 6.45) is 1.35. The third-order valence-corrected chi connectivity index (χ3v) is 5.92. The van der Waals surface area contributed by atoms with Gasteiger partial charge in [-0.25, -0.2) is 4.98 Å². The highest BCUT2D eigenvalue weighted by Crippen LogP contribution is 2.25. The van der Waals surface area contributed by atoms with Gasteiger partial charge in [0.25, 0.3) is 17.6 Å². The molecule has 1 aromatic carbocycles. The van der Waals surface area contributed by atoms with E-state index in [4.69, 9.17) is 11.6 Å². The number of aromatic nitrogens is 2. The number of amides is 2. The molecule has 1 N–H and O–H groups in total. The molecule has 1 fully saturated rings. The second kappa shape index (κ2) is 9.49. The van der Waals surface area contributed by atoms with Crippen LogP contribution in [0.3, 0.4) is 0 Å². The molecule has 3 heterocycles. The van der Waals surface area contributed by atoms with Crippen molar-refractivity contribution in [2.75, 3.05) is 19.6 Å². The topological polar surface area (TPSA) is 103 Å². The van der Waals surface area contributed by atoms with Crippen molar-refractivity contribution in [1.29, 1.82) is 0 Å². The van der Waals surface area contributed by atoms with E-state index >= 15 is 0 Å². The lowest BCUT2D eigenvalue weighted by atomic mass is 10.1. The number of carbonyl (C=O) groups excluding carboxylic acids is 4. The zero-order valence-corrected chi connectivity index (χ0v) is 19.3. The van der Waals surface area contributed by atoms with Gasteiger partial charge in [-0.15, -0.1) is 0 Å². The molecule has 1 aliphatic heterocycles. The number of ketones is 2. The van der Waals surface area contributed by atoms with Crippen molar-refractivity contribution in [1.82, 2.24) is 19.8 Å². The number of H-pyrrole nitrogens is 1.